The molecule has 0 fully saturated rings. The van der Waals surface area contributed by atoms with Crippen molar-refractivity contribution in [1.82, 2.24) is 14.9 Å². The Hall–Kier alpha value is -3.61. The molecule has 3 rings (SSSR count). The predicted molar refractivity (Wildman–Crippen MR) is 124 cm³/mol. The number of carbonyl (C=O) groups is 1. The smallest absolute Gasteiger partial charge is 0.240 e. The summed E-state index contributed by atoms with van der Waals surface area (Å²) in [6.07, 6.45) is 5.38. The number of ether oxygens (including phenoxy) is 2. The predicted octanol–water partition coefficient (Wildman–Crippen LogP) is 4.90. The Bertz CT molecular complexity index is 1090. The average Bonchev–Trinajstić information content (AvgIpc) is 3.17. The molecule has 0 saturated carbocycles. The minimum absolute atomic E-state index is 0.0251. The lowest BCUT2D eigenvalue weighted by Gasteiger charge is -2.11. The number of imidazole rings is 1. The van der Waals surface area contributed by atoms with Gasteiger partial charge in [0.1, 0.15) is 12.4 Å². The van der Waals surface area contributed by atoms with Crippen LogP contribution in [-0.4, -0.2) is 35.2 Å². The third-order valence-electron chi connectivity index (χ3n) is 4.68. The highest BCUT2D eigenvalue weighted by molar-refractivity contribution is 5.77. The second-order valence-electron chi connectivity index (χ2n) is 7.53. The molecular formula is C25H28FN3O3. The maximum Gasteiger partial charge on any atom is 0.240 e. The van der Waals surface area contributed by atoms with Crippen LogP contribution in [0.4, 0.5) is 4.39 Å². The van der Waals surface area contributed by atoms with E-state index in [4.69, 9.17) is 14.5 Å². The molecule has 1 amide bonds. The minimum Gasteiger partial charge on any atom is -0.501 e. The number of nitrogens with one attached hydrogen (secondary N) is 1. The van der Waals surface area contributed by atoms with Gasteiger partial charge in [-0.3, -0.25) is 4.79 Å². The van der Waals surface area contributed by atoms with Gasteiger partial charge in [-0.1, -0.05) is 24.3 Å². The van der Waals surface area contributed by atoms with E-state index in [9.17, 15) is 9.18 Å². The van der Waals surface area contributed by atoms with E-state index in [1.165, 1.54) is 13.2 Å². The van der Waals surface area contributed by atoms with Crippen molar-refractivity contribution in [3.63, 3.8) is 0 Å². The fraction of sp³-hybridized carbons (Fsp3) is 0.280. The Morgan fingerprint density at radius 2 is 1.91 bits per heavy atom. The lowest BCUT2D eigenvalue weighted by atomic mass is 10.1. The van der Waals surface area contributed by atoms with E-state index < -0.39 is 5.82 Å². The molecule has 0 radical (unpaired) electrons. The summed E-state index contributed by atoms with van der Waals surface area (Å²) in [7, 11) is 1.41. The third-order valence-corrected chi connectivity index (χ3v) is 4.68. The normalized spacial score (nSPS) is 11.2. The molecule has 32 heavy (non-hydrogen) atoms. The Morgan fingerprint density at radius 3 is 2.56 bits per heavy atom. The van der Waals surface area contributed by atoms with Gasteiger partial charge in [-0.15, -0.1) is 0 Å². The number of halogens is 1. The standard InChI is InChI=1S/C25H28FN3O3/c1-5-32-13-12-18-6-8-19(9-7-18)22-15-29(16-24(30)27-17(2)3)25(28-22)20-10-11-21(26)23(14-20)31-4/h6-15,17H,5,16H2,1-4H3,(H,27,30). The van der Waals surface area contributed by atoms with Gasteiger partial charge >= 0.3 is 0 Å². The summed E-state index contributed by atoms with van der Waals surface area (Å²) in [6, 6.07) is 12.4. The van der Waals surface area contributed by atoms with Crippen LogP contribution in [0.5, 0.6) is 5.75 Å². The summed E-state index contributed by atoms with van der Waals surface area (Å²) in [5.41, 5.74) is 3.27. The zero-order valence-corrected chi connectivity index (χ0v) is 18.8. The molecule has 0 saturated heterocycles. The average molecular weight is 438 g/mol. The number of nitrogens with zero attached hydrogens (tertiary/aromatic N) is 2. The lowest BCUT2D eigenvalue weighted by Crippen LogP contribution is -2.33. The van der Waals surface area contributed by atoms with Gasteiger partial charge in [0.05, 0.1) is 25.7 Å². The number of hydrogen-bond donors (Lipinski definition) is 1. The summed E-state index contributed by atoms with van der Waals surface area (Å²) in [5.74, 6) is 0.0895. The van der Waals surface area contributed by atoms with Crippen LogP contribution in [0.15, 0.2) is 54.9 Å². The number of benzene rings is 2. The Labute approximate surface area is 187 Å². The molecule has 1 N–H and O–H groups in total. The molecule has 0 spiro atoms. The minimum atomic E-state index is -0.456. The molecule has 0 bridgehead atoms. The van der Waals surface area contributed by atoms with Crippen molar-refractivity contribution in [3.05, 3.63) is 66.3 Å². The van der Waals surface area contributed by atoms with E-state index in [2.05, 4.69) is 5.32 Å². The zero-order chi connectivity index (χ0) is 23.1. The second-order valence-corrected chi connectivity index (χ2v) is 7.53. The van der Waals surface area contributed by atoms with E-state index in [1.807, 2.05) is 57.3 Å². The summed E-state index contributed by atoms with van der Waals surface area (Å²) in [4.78, 5) is 17.2. The van der Waals surface area contributed by atoms with Crippen molar-refractivity contribution in [2.45, 2.75) is 33.4 Å². The maximum absolute atomic E-state index is 13.9. The molecule has 0 atom stereocenters. The van der Waals surface area contributed by atoms with E-state index in [-0.39, 0.29) is 24.2 Å². The van der Waals surface area contributed by atoms with Gasteiger partial charge in [0.2, 0.25) is 5.91 Å². The second kappa shape index (κ2) is 10.6. The quantitative estimate of drug-likeness (QED) is 0.484. The molecule has 1 aromatic heterocycles. The van der Waals surface area contributed by atoms with Crippen molar-refractivity contribution in [2.75, 3.05) is 13.7 Å². The molecule has 1 heterocycles. The highest BCUT2D eigenvalue weighted by Crippen LogP contribution is 2.29. The van der Waals surface area contributed by atoms with Crippen LogP contribution in [0.3, 0.4) is 0 Å². The van der Waals surface area contributed by atoms with Gasteiger partial charge in [0, 0.05) is 23.4 Å². The zero-order valence-electron chi connectivity index (χ0n) is 18.8. The first-order chi connectivity index (χ1) is 15.4. The van der Waals surface area contributed by atoms with E-state index in [1.54, 1.807) is 23.0 Å². The molecule has 0 aliphatic heterocycles. The maximum atomic E-state index is 13.9. The van der Waals surface area contributed by atoms with E-state index in [0.717, 1.165) is 11.1 Å². The van der Waals surface area contributed by atoms with Gasteiger partial charge in [-0.25, -0.2) is 9.37 Å². The molecule has 0 aliphatic carbocycles. The van der Waals surface area contributed by atoms with E-state index >= 15 is 0 Å². The Kier molecular flexibility index (Phi) is 7.65. The van der Waals surface area contributed by atoms with Crippen LogP contribution in [0.2, 0.25) is 0 Å². The van der Waals surface area contributed by atoms with Gasteiger partial charge < -0.3 is 19.4 Å². The SMILES string of the molecule is CCOC=Cc1ccc(-c2cn(CC(=O)NC(C)C)c(-c3ccc(F)c(OC)c3)n2)cc1. The van der Waals surface area contributed by atoms with Crippen LogP contribution < -0.4 is 10.1 Å². The van der Waals surface area contributed by atoms with Crippen molar-refractivity contribution >= 4 is 12.0 Å². The monoisotopic (exact) mass is 437 g/mol. The topological polar surface area (TPSA) is 65.4 Å². The van der Waals surface area contributed by atoms with Crippen molar-refractivity contribution in [2.24, 2.45) is 0 Å². The highest BCUT2D eigenvalue weighted by atomic mass is 19.1. The van der Waals surface area contributed by atoms with Gasteiger partial charge in [-0.05, 0) is 50.6 Å². The van der Waals surface area contributed by atoms with Crippen molar-refractivity contribution in [3.8, 4) is 28.4 Å². The van der Waals surface area contributed by atoms with Crippen LogP contribution in [0.25, 0.3) is 28.7 Å². The molecule has 0 aliphatic rings. The van der Waals surface area contributed by atoms with Crippen LogP contribution in [-0.2, 0) is 16.1 Å². The van der Waals surface area contributed by atoms with Crippen molar-refractivity contribution < 1.29 is 18.7 Å². The molecule has 2 aromatic carbocycles. The first kappa shape index (κ1) is 23.1. The molecule has 3 aromatic rings. The fourth-order valence-corrected chi connectivity index (χ4v) is 3.22. The lowest BCUT2D eigenvalue weighted by molar-refractivity contribution is -0.122. The van der Waals surface area contributed by atoms with Crippen LogP contribution in [0.1, 0.15) is 26.3 Å². The molecule has 7 heteroatoms. The third kappa shape index (κ3) is 5.75. The Balaban J connectivity index is 1.97. The Morgan fingerprint density at radius 1 is 1.19 bits per heavy atom. The first-order valence-corrected chi connectivity index (χ1v) is 10.5. The number of rotatable bonds is 9. The first-order valence-electron chi connectivity index (χ1n) is 10.5. The summed E-state index contributed by atoms with van der Waals surface area (Å²) >= 11 is 0. The number of amides is 1. The highest BCUT2D eigenvalue weighted by Gasteiger charge is 2.16. The van der Waals surface area contributed by atoms with Crippen molar-refractivity contribution in [1.29, 1.82) is 0 Å². The number of aromatic nitrogens is 2. The van der Waals surface area contributed by atoms with Crippen LogP contribution >= 0.6 is 0 Å². The molecule has 168 valence electrons. The van der Waals surface area contributed by atoms with Crippen LogP contribution in [0, 0.1) is 5.82 Å². The van der Waals surface area contributed by atoms with Gasteiger partial charge in [0.15, 0.2) is 11.6 Å². The van der Waals surface area contributed by atoms with E-state index in [0.29, 0.717) is 23.7 Å². The molecule has 6 nitrogen and oxygen atoms in total. The summed E-state index contributed by atoms with van der Waals surface area (Å²) in [5, 5.41) is 2.89. The van der Waals surface area contributed by atoms with Gasteiger partial charge in [-0.2, -0.15) is 0 Å². The number of carbonyl (C=O) groups excluding carboxylic acids is 1. The number of methoxy groups -OCH3 is 1. The summed E-state index contributed by atoms with van der Waals surface area (Å²) < 4.78 is 26.1. The largest absolute Gasteiger partial charge is 0.501 e. The molecular weight excluding hydrogens is 409 g/mol. The summed E-state index contributed by atoms with van der Waals surface area (Å²) in [6.45, 7) is 6.46. The van der Waals surface area contributed by atoms with Gasteiger partial charge in [0.25, 0.3) is 0 Å². The molecule has 0 unspecified atom stereocenters. The number of hydrogen-bond acceptors (Lipinski definition) is 4. The fourth-order valence-electron chi connectivity index (χ4n) is 3.22.